The van der Waals surface area contributed by atoms with E-state index in [-0.39, 0.29) is 6.03 Å². The molecule has 1 aliphatic heterocycles. The molecule has 0 aromatic heterocycles. The van der Waals surface area contributed by atoms with Crippen molar-refractivity contribution in [3.8, 4) is 0 Å². The van der Waals surface area contributed by atoms with Crippen LogP contribution in [0, 0.1) is 5.92 Å². The van der Waals surface area contributed by atoms with E-state index in [1.807, 2.05) is 23.1 Å². The quantitative estimate of drug-likeness (QED) is 0.874. The maximum absolute atomic E-state index is 12.0. The summed E-state index contributed by atoms with van der Waals surface area (Å²) in [4.78, 5) is 24.6. The number of carboxylic acid groups (broad SMARTS) is 1. The van der Waals surface area contributed by atoms with Crippen molar-refractivity contribution in [2.75, 3.05) is 19.6 Å². The van der Waals surface area contributed by atoms with Crippen molar-refractivity contribution < 1.29 is 14.7 Å². The summed E-state index contributed by atoms with van der Waals surface area (Å²) in [7, 11) is 0. The molecule has 1 aliphatic rings. The van der Waals surface area contributed by atoms with Gasteiger partial charge in [0, 0.05) is 25.6 Å². The van der Waals surface area contributed by atoms with E-state index in [1.165, 1.54) is 5.56 Å². The van der Waals surface area contributed by atoms with Crippen molar-refractivity contribution in [2.24, 2.45) is 5.92 Å². The molecule has 21 heavy (non-hydrogen) atoms. The normalized spacial score (nSPS) is 19.3. The Kier molecular flexibility index (Phi) is 5.20. The number of rotatable bonds is 5. The van der Waals surface area contributed by atoms with Gasteiger partial charge in [-0.05, 0) is 18.4 Å². The van der Waals surface area contributed by atoms with Gasteiger partial charge in [0.1, 0.15) is 0 Å². The fraction of sp³-hybridized carbons (Fsp3) is 0.500. The SMILES string of the molecule is CC(CCNC(=O)N1CCC(c2ccccc2)C1)C(=O)O. The van der Waals surface area contributed by atoms with Crippen molar-refractivity contribution >= 4 is 12.0 Å². The number of amides is 2. The molecule has 0 saturated carbocycles. The lowest BCUT2D eigenvalue weighted by atomic mass is 9.99. The number of nitrogens with zero attached hydrogens (tertiary/aromatic N) is 1. The Morgan fingerprint density at radius 2 is 2.10 bits per heavy atom. The number of carbonyl (C=O) groups is 2. The Labute approximate surface area is 125 Å². The van der Waals surface area contributed by atoms with Crippen LogP contribution in [-0.4, -0.2) is 41.6 Å². The Hall–Kier alpha value is -2.04. The lowest BCUT2D eigenvalue weighted by molar-refractivity contribution is -0.141. The second-order valence-electron chi connectivity index (χ2n) is 5.60. The molecular weight excluding hydrogens is 268 g/mol. The molecule has 1 saturated heterocycles. The number of nitrogens with one attached hydrogen (secondary N) is 1. The minimum absolute atomic E-state index is 0.0916. The van der Waals surface area contributed by atoms with E-state index < -0.39 is 11.9 Å². The Morgan fingerprint density at radius 3 is 2.76 bits per heavy atom. The smallest absolute Gasteiger partial charge is 0.317 e. The minimum Gasteiger partial charge on any atom is -0.481 e. The van der Waals surface area contributed by atoms with E-state index in [9.17, 15) is 9.59 Å². The molecular formula is C16H22N2O3. The number of likely N-dealkylation sites (tertiary alicyclic amines) is 1. The maximum Gasteiger partial charge on any atom is 0.317 e. The van der Waals surface area contributed by atoms with Crippen LogP contribution in [0.5, 0.6) is 0 Å². The molecule has 1 aromatic rings. The highest BCUT2D eigenvalue weighted by atomic mass is 16.4. The number of hydrogen-bond acceptors (Lipinski definition) is 2. The predicted molar refractivity (Wildman–Crippen MR) is 80.2 cm³/mol. The highest BCUT2D eigenvalue weighted by Crippen LogP contribution is 2.26. The minimum atomic E-state index is -0.824. The van der Waals surface area contributed by atoms with Gasteiger partial charge in [0.25, 0.3) is 0 Å². The summed E-state index contributed by atoms with van der Waals surface area (Å²) in [5, 5.41) is 11.6. The van der Waals surface area contributed by atoms with Crippen molar-refractivity contribution in [1.82, 2.24) is 10.2 Å². The molecule has 2 rings (SSSR count). The van der Waals surface area contributed by atoms with Gasteiger partial charge in [-0.1, -0.05) is 37.3 Å². The van der Waals surface area contributed by atoms with Crippen LogP contribution in [0.2, 0.25) is 0 Å². The summed E-state index contributed by atoms with van der Waals surface area (Å²) >= 11 is 0. The van der Waals surface area contributed by atoms with E-state index in [4.69, 9.17) is 5.11 Å². The number of urea groups is 1. The predicted octanol–water partition coefficient (Wildman–Crippen LogP) is 2.30. The van der Waals surface area contributed by atoms with Gasteiger partial charge < -0.3 is 15.3 Å². The molecule has 2 unspecified atom stereocenters. The fourth-order valence-corrected chi connectivity index (χ4v) is 2.57. The molecule has 2 amide bonds. The molecule has 1 heterocycles. The van der Waals surface area contributed by atoms with Gasteiger partial charge in [0.2, 0.25) is 0 Å². The third-order valence-corrected chi connectivity index (χ3v) is 4.02. The van der Waals surface area contributed by atoms with E-state index in [2.05, 4.69) is 17.4 Å². The zero-order chi connectivity index (χ0) is 15.2. The van der Waals surface area contributed by atoms with Gasteiger partial charge in [-0.25, -0.2) is 4.79 Å². The molecule has 114 valence electrons. The molecule has 2 N–H and O–H groups in total. The number of hydrogen-bond donors (Lipinski definition) is 2. The number of carboxylic acids is 1. The van der Waals surface area contributed by atoms with Crippen LogP contribution in [0.15, 0.2) is 30.3 Å². The van der Waals surface area contributed by atoms with Crippen LogP contribution < -0.4 is 5.32 Å². The van der Waals surface area contributed by atoms with Gasteiger partial charge in [-0.15, -0.1) is 0 Å². The number of benzene rings is 1. The van der Waals surface area contributed by atoms with Crippen LogP contribution in [0.25, 0.3) is 0 Å². The third kappa shape index (κ3) is 4.21. The molecule has 1 fully saturated rings. The highest BCUT2D eigenvalue weighted by molar-refractivity contribution is 5.74. The van der Waals surface area contributed by atoms with Gasteiger partial charge in [-0.2, -0.15) is 0 Å². The van der Waals surface area contributed by atoms with Crippen molar-refractivity contribution in [3.05, 3.63) is 35.9 Å². The van der Waals surface area contributed by atoms with Gasteiger partial charge in [0.05, 0.1) is 5.92 Å². The van der Waals surface area contributed by atoms with Crippen LogP contribution in [0.1, 0.15) is 31.2 Å². The monoisotopic (exact) mass is 290 g/mol. The molecule has 0 bridgehead atoms. The standard InChI is InChI=1S/C16H22N2O3/c1-12(15(19)20)7-9-17-16(21)18-10-8-14(11-18)13-5-3-2-4-6-13/h2-6,12,14H,7-11H2,1H3,(H,17,21)(H,19,20). The average Bonchev–Trinajstić information content (AvgIpc) is 2.97. The van der Waals surface area contributed by atoms with Crippen molar-refractivity contribution in [1.29, 1.82) is 0 Å². The van der Waals surface area contributed by atoms with E-state index in [1.54, 1.807) is 6.92 Å². The highest BCUT2D eigenvalue weighted by Gasteiger charge is 2.27. The first-order chi connectivity index (χ1) is 10.1. The Balaban J connectivity index is 1.76. The third-order valence-electron chi connectivity index (χ3n) is 4.02. The van der Waals surface area contributed by atoms with Gasteiger partial charge in [-0.3, -0.25) is 4.79 Å². The molecule has 0 radical (unpaired) electrons. The largest absolute Gasteiger partial charge is 0.481 e. The summed E-state index contributed by atoms with van der Waals surface area (Å²) in [6, 6.07) is 10.1. The Morgan fingerprint density at radius 1 is 1.38 bits per heavy atom. The summed E-state index contributed by atoms with van der Waals surface area (Å²) in [5.41, 5.74) is 1.27. The van der Waals surface area contributed by atoms with E-state index in [0.29, 0.717) is 18.9 Å². The molecule has 2 atom stereocenters. The zero-order valence-electron chi connectivity index (χ0n) is 12.3. The van der Waals surface area contributed by atoms with E-state index in [0.717, 1.165) is 19.5 Å². The van der Waals surface area contributed by atoms with Crippen molar-refractivity contribution in [3.63, 3.8) is 0 Å². The molecule has 5 nitrogen and oxygen atoms in total. The second-order valence-corrected chi connectivity index (χ2v) is 5.60. The summed E-state index contributed by atoms with van der Waals surface area (Å²) in [6.45, 7) is 3.53. The summed E-state index contributed by atoms with van der Waals surface area (Å²) in [6.07, 6.45) is 1.43. The maximum atomic E-state index is 12.0. The summed E-state index contributed by atoms with van der Waals surface area (Å²) < 4.78 is 0. The number of aliphatic carboxylic acids is 1. The zero-order valence-corrected chi connectivity index (χ0v) is 12.3. The fourth-order valence-electron chi connectivity index (χ4n) is 2.57. The number of carbonyl (C=O) groups excluding carboxylic acids is 1. The van der Waals surface area contributed by atoms with Crippen LogP contribution in [0.3, 0.4) is 0 Å². The average molecular weight is 290 g/mol. The van der Waals surface area contributed by atoms with Gasteiger partial charge in [0.15, 0.2) is 0 Å². The van der Waals surface area contributed by atoms with Crippen LogP contribution in [-0.2, 0) is 4.79 Å². The van der Waals surface area contributed by atoms with Gasteiger partial charge >= 0.3 is 12.0 Å². The lowest BCUT2D eigenvalue weighted by Gasteiger charge is -2.18. The first-order valence-electron chi connectivity index (χ1n) is 7.38. The summed E-state index contributed by atoms with van der Waals surface area (Å²) in [5.74, 6) is -0.856. The first-order valence-corrected chi connectivity index (χ1v) is 7.38. The second kappa shape index (κ2) is 7.11. The molecule has 0 aliphatic carbocycles. The first kappa shape index (κ1) is 15.4. The molecule has 0 spiro atoms. The van der Waals surface area contributed by atoms with E-state index >= 15 is 0 Å². The molecule has 5 heteroatoms. The van der Waals surface area contributed by atoms with Crippen LogP contribution in [0.4, 0.5) is 4.79 Å². The Bertz CT molecular complexity index is 490. The lowest BCUT2D eigenvalue weighted by Crippen LogP contribution is -2.39. The topological polar surface area (TPSA) is 69.6 Å². The molecule has 1 aromatic carbocycles. The van der Waals surface area contributed by atoms with Crippen LogP contribution >= 0.6 is 0 Å². The van der Waals surface area contributed by atoms with Crippen molar-refractivity contribution in [2.45, 2.75) is 25.7 Å².